The first-order valence-corrected chi connectivity index (χ1v) is 10.1. The topological polar surface area (TPSA) is 44.3 Å². The monoisotopic (exact) mass is 354 g/mol. The molecule has 0 amide bonds. The van der Waals surface area contributed by atoms with Crippen LogP contribution in [0.1, 0.15) is 62.9 Å². The van der Waals surface area contributed by atoms with Crippen molar-refractivity contribution in [1.29, 1.82) is 0 Å². The van der Waals surface area contributed by atoms with Crippen LogP contribution in [-0.2, 0) is 13.0 Å². The lowest BCUT2D eigenvalue weighted by Gasteiger charge is -2.20. The summed E-state index contributed by atoms with van der Waals surface area (Å²) >= 11 is 0. The van der Waals surface area contributed by atoms with Gasteiger partial charge in [-0.15, -0.1) is 0 Å². The van der Waals surface area contributed by atoms with E-state index < -0.39 is 0 Å². The molecule has 2 rings (SSSR count). The molecule has 0 spiro atoms. The van der Waals surface area contributed by atoms with E-state index in [1.807, 2.05) is 0 Å². The van der Waals surface area contributed by atoms with E-state index in [4.69, 9.17) is 0 Å². The third-order valence-electron chi connectivity index (χ3n) is 4.55. The molecule has 142 valence electrons. The number of aryl methyl sites for hydroxylation is 1. The minimum Gasteiger partial charge on any atom is -0.344 e. The summed E-state index contributed by atoms with van der Waals surface area (Å²) < 4.78 is 0. The van der Waals surface area contributed by atoms with Crippen LogP contribution in [0.4, 0.5) is 0 Å². The van der Waals surface area contributed by atoms with E-state index in [0.717, 1.165) is 5.82 Å². The summed E-state index contributed by atoms with van der Waals surface area (Å²) in [5.74, 6) is 0.804. The second-order valence-corrected chi connectivity index (χ2v) is 6.91. The van der Waals surface area contributed by atoms with Crippen molar-refractivity contribution in [2.75, 3.05) is 19.6 Å². The smallest absolute Gasteiger partial charge is 0.148 e. The van der Waals surface area contributed by atoms with Crippen molar-refractivity contribution in [1.82, 2.24) is 14.9 Å². The Bertz CT molecular complexity index is 596. The van der Waals surface area contributed by atoms with Gasteiger partial charge in [-0.2, -0.15) is 0 Å². The molecule has 0 unspecified atom stereocenters. The van der Waals surface area contributed by atoms with Crippen LogP contribution in [0.2, 0.25) is 0 Å². The molecular formula is C22H34N4. The van der Waals surface area contributed by atoms with Gasteiger partial charge in [0.05, 0.1) is 12.8 Å². The van der Waals surface area contributed by atoms with Gasteiger partial charge in [-0.25, -0.2) is 4.98 Å². The van der Waals surface area contributed by atoms with Crippen molar-refractivity contribution in [2.24, 2.45) is 4.99 Å². The van der Waals surface area contributed by atoms with Crippen molar-refractivity contribution < 1.29 is 0 Å². The summed E-state index contributed by atoms with van der Waals surface area (Å²) in [6.07, 6.45) is 12.9. The van der Waals surface area contributed by atoms with Crippen molar-refractivity contribution in [3.05, 3.63) is 53.6 Å². The van der Waals surface area contributed by atoms with Gasteiger partial charge in [0.2, 0.25) is 0 Å². The van der Waals surface area contributed by atoms with Crippen molar-refractivity contribution in [2.45, 2.75) is 58.9 Å². The molecule has 0 aliphatic rings. The molecule has 0 bridgehead atoms. The van der Waals surface area contributed by atoms with Gasteiger partial charge < -0.3 is 9.88 Å². The highest BCUT2D eigenvalue weighted by atomic mass is 15.1. The number of unbranched alkanes of at least 4 members (excludes halogenated alkanes) is 2. The number of H-pyrrole nitrogens is 1. The highest BCUT2D eigenvalue weighted by molar-refractivity contribution is 5.74. The first kappa shape index (κ1) is 20.4. The van der Waals surface area contributed by atoms with Gasteiger partial charge in [-0.1, -0.05) is 44.5 Å². The Balaban J connectivity index is 1.62. The van der Waals surface area contributed by atoms with Gasteiger partial charge in [0.15, 0.2) is 0 Å². The summed E-state index contributed by atoms with van der Waals surface area (Å²) in [4.78, 5) is 14.2. The van der Waals surface area contributed by atoms with E-state index in [2.05, 4.69) is 58.0 Å². The summed E-state index contributed by atoms with van der Waals surface area (Å²) in [5.41, 5.74) is 2.68. The largest absolute Gasteiger partial charge is 0.344 e. The summed E-state index contributed by atoms with van der Waals surface area (Å²) in [7, 11) is 0. The number of rotatable bonds is 13. The van der Waals surface area contributed by atoms with Crippen LogP contribution in [-0.4, -0.2) is 40.7 Å². The lowest BCUT2D eigenvalue weighted by atomic mass is 10.0. The van der Waals surface area contributed by atoms with E-state index >= 15 is 0 Å². The first-order chi connectivity index (χ1) is 12.8. The fraction of sp³-hybridized carbons (Fsp3) is 0.545. The van der Waals surface area contributed by atoms with Gasteiger partial charge in [0.25, 0.3) is 0 Å². The average Bonchev–Trinajstić information content (AvgIpc) is 3.16. The Morgan fingerprint density at radius 2 is 1.69 bits per heavy atom. The number of hydrogen-bond donors (Lipinski definition) is 1. The molecule has 0 aliphatic carbocycles. The van der Waals surface area contributed by atoms with E-state index in [-0.39, 0.29) is 0 Å². The van der Waals surface area contributed by atoms with Crippen LogP contribution in [0.25, 0.3) is 0 Å². The van der Waals surface area contributed by atoms with Crippen LogP contribution >= 0.6 is 0 Å². The maximum atomic E-state index is 4.42. The SMILES string of the molecule is CCCN(CCC)CCCCCc1ccc(CN=Cc2ncc[nH]2)cc1. The zero-order valence-corrected chi connectivity index (χ0v) is 16.5. The lowest BCUT2D eigenvalue weighted by molar-refractivity contribution is 0.268. The van der Waals surface area contributed by atoms with Crippen molar-refractivity contribution in [3.63, 3.8) is 0 Å². The summed E-state index contributed by atoms with van der Waals surface area (Å²) in [6, 6.07) is 8.88. The quantitative estimate of drug-likeness (QED) is 0.412. The van der Waals surface area contributed by atoms with E-state index in [9.17, 15) is 0 Å². The van der Waals surface area contributed by atoms with E-state index in [1.54, 1.807) is 18.6 Å². The molecule has 0 saturated carbocycles. The van der Waals surface area contributed by atoms with Crippen LogP contribution in [0.3, 0.4) is 0 Å². The second-order valence-electron chi connectivity index (χ2n) is 6.91. The number of aromatic amines is 1. The molecule has 0 saturated heterocycles. The van der Waals surface area contributed by atoms with Gasteiger partial charge in [-0.05, 0) is 62.9 Å². The fourth-order valence-corrected chi connectivity index (χ4v) is 3.21. The Morgan fingerprint density at radius 3 is 2.35 bits per heavy atom. The molecule has 1 aromatic heterocycles. The zero-order chi connectivity index (χ0) is 18.5. The van der Waals surface area contributed by atoms with Crippen molar-refractivity contribution in [3.8, 4) is 0 Å². The Hall–Kier alpha value is -1.94. The van der Waals surface area contributed by atoms with Crippen LogP contribution in [0, 0.1) is 0 Å². The standard InChI is InChI=1S/C22H34N4/c1-3-15-26(16-4-2)17-7-5-6-8-20-9-11-21(12-10-20)18-23-19-22-24-13-14-25-22/h9-14,19H,3-8,15-18H2,1-2H3,(H,24,25). The van der Waals surface area contributed by atoms with Crippen molar-refractivity contribution >= 4 is 6.21 Å². The fourth-order valence-electron chi connectivity index (χ4n) is 3.21. The molecule has 0 atom stereocenters. The van der Waals surface area contributed by atoms with Gasteiger partial charge in [-0.3, -0.25) is 4.99 Å². The number of aromatic nitrogens is 2. The summed E-state index contributed by atoms with van der Waals surface area (Å²) in [5, 5.41) is 0. The van der Waals surface area contributed by atoms with E-state index in [0.29, 0.717) is 6.54 Å². The Labute approximate surface area is 158 Å². The minimum absolute atomic E-state index is 0.700. The first-order valence-electron chi connectivity index (χ1n) is 10.1. The number of nitrogens with zero attached hydrogens (tertiary/aromatic N) is 3. The zero-order valence-electron chi connectivity index (χ0n) is 16.5. The number of hydrogen-bond acceptors (Lipinski definition) is 3. The number of nitrogens with one attached hydrogen (secondary N) is 1. The van der Waals surface area contributed by atoms with E-state index in [1.165, 1.54) is 69.3 Å². The molecule has 4 heteroatoms. The predicted molar refractivity (Wildman–Crippen MR) is 111 cm³/mol. The second kappa shape index (κ2) is 12.4. The molecular weight excluding hydrogens is 320 g/mol. The lowest BCUT2D eigenvalue weighted by Crippen LogP contribution is -2.26. The Morgan fingerprint density at radius 1 is 0.962 bits per heavy atom. The molecule has 1 aromatic carbocycles. The number of aliphatic imine (C=N–C) groups is 1. The maximum Gasteiger partial charge on any atom is 0.148 e. The molecule has 0 radical (unpaired) electrons. The molecule has 1 N–H and O–H groups in total. The molecule has 0 fully saturated rings. The predicted octanol–water partition coefficient (Wildman–Crippen LogP) is 4.86. The molecule has 1 heterocycles. The number of imidazole rings is 1. The van der Waals surface area contributed by atoms with Gasteiger partial charge in [0, 0.05) is 12.4 Å². The average molecular weight is 355 g/mol. The van der Waals surface area contributed by atoms with Gasteiger partial charge >= 0.3 is 0 Å². The maximum absolute atomic E-state index is 4.42. The van der Waals surface area contributed by atoms with Gasteiger partial charge in [0.1, 0.15) is 5.82 Å². The number of benzene rings is 1. The van der Waals surface area contributed by atoms with Crippen LogP contribution in [0.15, 0.2) is 41.7 Å². The highest BCUT2D eigenvalue weighted by Crippen LogP contribution is 2.10. The highest BCUT2D eigenvalue weighted by Gasteiger charge is 2.02. The molecule has 4 nitrogen and oxygen atoms in total. The third kappa shape index (κ3) is 7.96. The Kier molecular flexibility index (Phi) is 9.73. The minimum atomic E-state index is 0.700. The van der Waals surface area contributed by atoms with Crippen LogP contribution < -0.4 is 0 Å². The molecule has 2 aromatic rings. The summed E-state index contributed by atoms with van der Waals surface area (Å²) in [6.45, 7) is 9.00. The third-order valence-corrected chi connectivity index (χ3v) is 4.55. The van der Waals surface area contributed by atoms with Crippen LogP contribution in [0.5, 0.6) is 0 Å². The molecule has 0 aliphatic heterocycles. The normalized spacial score (nSPS) is 11.7. The molecule has 26 heavy (non-hydrogen) atoms.